The summed E-state index contributed by atoms with van der Waals surface area (Å²) >= 11 is 0. The number of sulfone groups is 2. The van der Waals surface area contributed by atoms with Crippen LogP contribution in [0.15, 0.2) is 76.5 Å². The molecule has 0 atom stereocenters. The highest BCUT2D eigenvalue weighted by atomic mass is 32.2. The van der Waals surface area contributed by atoms with E-state index in [9.17, 15) is 31.5 Å². The number of amides is 2. The molecule has 5 rings (SSSR count). The summed E-state index contributed by atoms with van der Waals surface area (Å²) in [6, 6.07) is 16.0. The van der Waals surface area contributed by atoms with Gasteiger partial charge in [-0.15, -0.1) is 0 Å². The van der Waals surface area contributed by atoms with Crippen LogP contribution in [0.1, 0.15) is 31.4 Å². The number of hydrogen-bond donors (Lipinski definition) is 5. The van der Waals surface area contributed by atoms with Crippen LogP contribution >= 0.6 is 0 Å². The molecule has 2 aliphatic heterocycles. The number of nitrogens with one attached hydrogen (secondary N) is 2. The lowest BCUT2D eigenvalue weighted by atomic mass is 9.98. The monoisotopic (exact) mass is 693 g/mol. The van der Waals surface area contributed by atoms with Gasteiger partial charge in [-0.3, -0.25) is 20.0 Å². The van der Waals surface area contributed by atoms with Crippen molar-refractivity contribution in [2.24, 2.45) is 0 Å². The van der Waals surface area contributed by atoms with Gasteiger partial charge in [0.2, 0.25) is 5.88 Å². The largest absolute Gasteiger partial charge is 0.508 e. The maximum Gasteiger partial charge on any atom is 0.265 e. The van der Waals surface area contributed by atoms with Crippen molar-refractivity contribution in [3.63, 3.8) is 0 Å². The molecular formula is C30H35N3O12S2. The molecule has 15 nitrogen and oxygen atoms in total. The summed E-state index contributed by atoms with van der Waals surface area (Å²) in [4.78, 5) is 28.3. The minimum Gasteiger partial charge on any atom is -0.508 e. The van der Waals surface area contributed by atoms with Crippen molar-refractivity contribution < 1.29 is 56.2 Å². The van der Waals surface area contributed by atoms with Gasteiger partial charge in [0.25, 0.3) is 11.8 Å². The molecule has 5 N–H and O–H groups in total. The van der Waals surface area contributed by atoms with E-state index >= 15 is 0 Å². The number of nitrogens with zero attached hydrogens (tertiary/aromatic N) is 1. The summed E-state index contributed by atoms with van der Waals surface area (Å²) in [5.41, 5.74) is 3.73. The van der Waals surface area contributed by atoms with Gasteiger partial charge >= 0.3 is 0 Å². The second kappa shape index (κ2) is 14.7. The third-order valence-corrected chi connectivity index (χ3v) is 13.1. The molecule has 0 unspecified atom stereocenters. The zero-order valence-electron chi connectivity index (χ0n) is 25.3. The number of hydrogen-bond acceptors (Lipinski definition) is 13. The smallest absolute Gasteiger partial charge is 0.265 e. The average molecular weight is 694 g/mol. The van der Waals surface area contributed by atoms with Crippen LogP contribution in [0.3, 0.4) is 0 Å². The number of carbonyl (C=O) groups is 2. The van der Waals surface area contributed by atoms with Gasteiger partial charge in [0.1, 0.15) is 11.5 Å². The Bertz CT molecular complexity index is 1770. The lowest BCUT2D eigenvalue weighted by Gasteiger charge is -2.34. The predicted octanol–water partition coefficient (Wildman–Crippen LogP) is 2.23. The maximum atomic E-state index is 13.1. The number of pyridine rings is 1. The van der Waals surface area contributed by atoms with Gasteiger partial charge < -0.3 is 19.3 Å². The van der Waals surface area contributed by atoms with E-state index in [1.54, 1.807) is 12.1 Å². The first-order chi connectivity index (χ1) is 22.3. The third kappa shape index (κ3) is 7.24. The van der Waals surface area contributed by atoms with Crippen LogP contribution in [0.4, 0.5) is 0 Å². The highest BCUT2D eigenvalue weighted by Crippen LogP contribution is 2.37. The fourth-order valence-electron chi connectivity index (χ4n) is 5.30. The molecule has 0 aliphatic carbocycles. The second-order valence-corrected chi connectivity index (χ2v) is 15.3. The molecule has 2 saturated heterocycles. The minimum atomic E-state index is -4.05. The van der Waals surface area contributed by atoms with Gasteiger partial charge in [0.15, 0.2) is 29.2 Å². The fraction of sp³-hybridized carbons (Fsp3) is 0.367. The molecule has 0 radical (unpaired) electrons. The number of rotatable bonds is 8. The number of aromatic hydroxyl groups is 1. The van der Waals surface area contributed by atoms with Crippen molar-refractivity contribution in [1.29, 1.82) is 0 Å². The predicted molar refractivity (Wildman–Crippen MR) is 163 cm³/mol. The Morgan fingerprint density at radius 3 is 1.55 bits per heavy atom. The summed E-state index contributed by atoms with van der Waals surface area (Å²) < 4.78 is 64.1. The lowest BCUT2D eigenvalue weighted by molar-refractivity contribution is -0.135. The lowest BCUT2D eigenvalue weighted by Crippen LogP contribution is -2.54. The molecule has 47 heavy (non-hydrogen) atoms. The minimum absolute atomic E-state index is 0.0300. The van der Waals surface area contributed by atoms with Gasteiger partial charge in [-0.1, -0.05) is 6.07 Å². The van der Waals surface area contributed by atoms with Gasteiger partial charge in [0, 0.05) is 38.2 Å². The summed E-state index contributed by atoms with van der Waals surface area (Å²) in [6.07, 6.45) is -0.147. The van der Waals surface area contributed by atoms with E-state index in [-0.39, 0.29) is 67.7 Å². The van der Waals surface area contributed by atoms with E-state index in [0.29, 0.717) is 11.6 Å². The van der Waals surface area contributed by atoms with Gasteiger partial charge in [-0.2, -0.15) is 0 Å². The zero-order valence-corrected chi connectivity index (χ0v) is 26.9. The first-order valence-corrected chi connectivity index (χ1v) is 17.3. The standard InChI is InChI=1S/C18H20N2O6S.C12H15NO6S/c1-13-3-2-4-16(19-13)26-14-5-7-15(8-6-14)27(23,24)18(17(21)20-22)9-11-25-12-10-18;14-9-1-3-10(4-2-9)20(17,18)12(11(15)13-16)5-7-19-8-6-12/h2-8,22H,9-12H2,1H3,(H,20,21);1-4,14,16H,5-8H2,(H,13,15). The Labute approximate surface area is 271 Å². The second-order valence-electron chi connectivity index (χ2n) is 10.8. The van der Waals surface area contributed by atoms with Crippen LogP contribution in [0, 0.1) is 6.92 Å². The SMILES string of the molecule is Cc1cccc(Oc2ccc(S(=O)(=O)C3(C(=O)NO)CCOCC3)cc2)n1.O=C(NO)C1(S(=O)(=O)c2ccc(O)cc2)CCOCC1. The van der Waals surface area contributed by atoms with E-state index in [1.165, 1.54) is 59.5 Å². The van der Waals surface area contributed by atoms with E-state index < -0.39 is 41.0 Å². The average Bonchev–Trinajstić information content (AvgIpc) is 3.08. The Kier molecular flexibility index (Phi) is 11.2. The molecule has 2 amide bonds. The number of hydroxylamine groups is 2. The number of benzene rings is 2. The highest BCUT2D eigenvalue weighted by molar-refractivity contribution is 7.94. The van der Waals surface area contributed by atoms with Crippen molar-refractivity contribution in [3.8, 4) is 17.4 Å². The van der Waals surface area contributed by atoms with E-state index in [1.807, 2.05) is 13.0 Å². The summed E-state index contributed by atoms with van der Waals surface area (Å²) in [7, 11) is -8.07. The fourth-order valence-corrected chi connectivity index (χ4v) is 9.18. The van der Waals surface area contributed by atoms with Crippen molar-refractivity contribution in [2.75, 3.05) is 26.4 Å². The number of phenols is 1. The van der Waals surface area contributed by atoms with E-state index in [4.69, 9.17) is 24.6 Å². The number of carbonyl (C=O) groups excluding carboxylic acids is 2. The van der Waals surface area contributed by atoms with Crippen molar-refractivity contribution in [1.82, 2.24) is 15.9 Å². The Morgan fingerprint density at radius 2 is 1.15 bits per heavy atom. The van der Waals surface area contributed by atoms with Crippen LogP contribution in [0.2, 0.25) is 0 Å². The summed E-state index contributed by atoms with van der Waals surface area (Å²) in [5, 5.41) is 27.1. The number of ether oxygens (including phenoxy) is 3. The quantitative estimate of drug-likeness (QED) is 0.169. The van der Waals surface area contributed by atoms with Crippen LogP contribution in [-0.2, 0) is 38.7 Å². The molecule has 0 bridgehead atoms. The molecule has 0 spiro atoms. The van der Waals surface area contributed by atoms with Crippen molar-refractivity contribution in [2.45, 2.75) is 51.9 Å². The first-order valence-electron chi connectivity index (χ1n) is 14.4. The third-order valence-electron chi connectivity index (χ3n) is 8.03. The molecule has 2 fully saturated rings. The molecule has 1 aromatic heterocycles. The number of aromatic nitrogens is 1. The molecule has 2 aliphatic rings. The first kappa shape index (κ1) is 35.7. The Hall–Kier alpha value is -4.13. The molecular weight excluding hydrogens is 658 g/mol. The molecule has 3 aromatic rings. The van der Waals surface area contributed by atoms with E-state index in [0.717, 1.165) is 5.69 Å². The highest BCUT2D eigenvalue weighted by Gasteiger charge is 2.53. The Balaban J connectivity index is 0.000000223. The van der Waals surface area contributed by atoms with Crippen LogP contribution in [0.5, 0.6) is 17.4 Å². The topological polar surface area (TPSA) is 228 Å². The normalized spacial score (nSPS) is 17.3. The van der Waals surface area contributed by atoms with Gasteiger partial charge in [-0.05, 0) is 87.2 Å². The zero-order chi connectivity index (χ0) is 34.3. The van der Waals surface area contributed by atoms with E-state index in [2.05, 4.69) is 4.98 Å². The molecule has 254 valence electrons. The molecule has 3 heterocycles. The summed E-state index contributed by atoms with van der Waals surface area (Å²) in [5.74, 6) is -1.17. The molecule has 17 heteroatoms. The van der Waals surface area contributed by atoms with Crippen molar-refractivity contribution in [3.05, 3.63) is 72.4 Å². The number of aryl methyl sites for hydroxylation is 1. The summed E-state index contributed by atoms with van der Waals surface area (Å²) in [6.45, 7) is 2.30. The van der Waals surface area contributed by atoms with Gasteiger partial charge in [0.05, 0.1) is 9.79 Å². The molecule has 0 saturated carbocycles. The maximum absolute atomic E-state index is 13.1. The van der Waals surface area contributed by atoms with Crippen LogP contribution < -0.4 is 15.7 Å². The van der Waals surface area contributed by atoms with Crippen LogP contribution in [-0.4, -0.2) is 85.1 Å². The number of phenolic OH excluding ortho intramolecular Hbond substituents is 1. The van der Waals surface area contributed by atoms with Gasteiger partial charge in [-0.25, -0.2) is 32.8 Å². The Morgan fingerprint density at radius 1 is 0.723 bits per heavy atom. The molecule has 2 aromatic carbocycles. The van der Waals surface area contributed by atoms with Crippen LogP contribution in [0.25, 0.3) is 0 Å². The van der Waals surface area contributed by atoms with Crippen molar-refractivity contribution >= 4 is 31.5 Å².